The van der Waals surface area contributed by atoms with Gasteiger partial charge in [-0.1, -0.05) is 0 Å². The van der Waals surface area contributed by atoms with Crippen LogP contribution >= 0.6 is 0 Å². The first-order valence-electron chi connectivity index (χ1n) is 6.06. The summed E-state index contributed by atoms with van der Waals surface area (Å²) in [5, 5.41) is 0. The minimum Gasteiger partial charge on any atom is -0.369 e. The Labute approximate surface area is 77.8 Å². The molecular formula is C12H14O. The maximum atomic E-state index is 5.92. The molecule has 0 N–H and O–H groups in total. The number of hydrogen-bond acceptors (Lipinski definition) is 1. The van der Waals surface area contributed by atoms with Crippen molar-refractivity contribution in [1.82, 2.24) is 0 Å². The van der Waals surface area contributed by atoms with Crippen LogP contribution in [0.3, 0.4) is 0 Å². The van der Waals surface area contributed by atoms with Gasteiger partial charge in [-0.25, -0.2) is 0 Å². The smallest absolute Gasteiger partial charge is 0.0983 e. The van der Waals surface area contributed by atoms with Crippen molar-refractivity contribution >= 4 is 0 Å². The predicted octanol–water partition coefficient (Wildman–Crippen LogP) is 1.53. The van der Waals surface area contributed by atoms with Crippen LogP contribution in [0.5, 0.6) is 0 Å². The molecule has 2 bridgehead atoms. The number of fused-ring (bicyclic) bond motifs is 4. The van der Waals surface area contributed by atoms with Gasteiger partial charge in [-0.15, -0.1) is 0 Å². The second-order valence-electron chi connectivity index (χ2n) is 6.58. The molecule has 9 atom stereocenters. The minimum atomic E-state index is 0.505. The first-order valence-corrected chi connectivity index (χ1v) is 6.06. The van der Waals surface area contributed by atoms with E-state index in [2.05, 4.69) is 0 Å². The zero-order chi connectivity index (χ0) is 7.95. The van der Waals surface area contributed by atoms with E-state index in [9.17, 15) is 0 Å². The Morgan fingerprint density at radius 1 is 0.846 bits per heavy atom. The molecule has 0 aromatic carbocycles. The van der Waals surface area contributed by atoms with Crippen molar-refractivity contribution in [2.24, 2.45) is 47.3 Å². The molecule has 1 spiro atoms. The van der Waals surface area contributed by atoms with Gasteiger partial charge in [0, 0.05) is 0 Å². The number of ether oxygens (including phenoxy) is 1. The topological polar surface area (TPSA) is 12.5 Å². The monoisotopic (exact) mass is 174 g/mol. The van der Waals surface area contributed by atoms with E-state index in [1.165, 1.54) is 17.8 Å². The van der Waals surface area contributed by atoms with Gasteiger partial charge in [0.25, 0.3) is 0 Å². The summed E-state index contributed by atoms with van der Waals surface area (Å²) in [4.78, 5) is 0. The van der Waals surface area contributed by atoms with Crippen molar-refractivity contribution in [3.05, 3.63) is 0 Å². The molecule has 1 nitrogen and oxygen atoms in total. The van der Waals surface area contributed by atoms with Crippen molar-refractivity contribution in [2.75, 3.05) is 6.61 Å². The molecule has 6 fully saturated rings. The zero-order valence-electron chi connectivity index (χ0n) is 7.65. The Morgan fingerprint density at radius 2 is 1.62 bits per heavy atom. The highest BCUT2D eigenvalue weighted by molar-refractivity contribution is 5.35. The number of rotatable bonds is 0. The predicted molar refractivity (Wildman–Crippen MR) is 45.8 cm³/mol. The van der Waals surface area contributed by atoms with Gasteiger partial charge in [-0.05, 0) is 60.2 Å². The van der Waals surface area contributed by atoms with E-state index in [0.717, 1.165) is 36.2 Å². The second-order valence-corrected chi connectivity index (χ2v) is 6.58. The summed E-state index contributed by atoms with van der Waals surface area (Å²) < 4.78 is 5.92. The van der Waals surface area contributed by atoms with E-state index < -0.39 is 0 Å². The van der Waals surface area contributed by atoms with Crippen molar-refractivity contribution < 1.29 is 4.74 Å². The van der Waals surface area contributed by atoms with Gasteiger partial charge in [0.1, 0.15) is 0 Å². The lowest BCUT2D eigenvalue weighted by Crippen LogP contribution is -2.47. The lowest BCUT2D eigenvalue weighted by molar-refractivity contribution is -0.0168. The standard InChI is InChI=1S/C12H14O/c1-4-5-2-6-8(4)9-7(1)10(5)12(3-13-12)11(6)9/h4-11H,1-3H2/t4-,5+,6+,7-,8+,9+,10-,11-,12-/m0/s1. The largest absolute Gasteiger partial charge is 0.369 e. The van der Waals surface area contributed by atoms with Gasteiger partial charge in [0.2, 0.25) is 0 Å². The molecule has 1 aliphatic heterocycles. The fraction of sp³-hybridized carbons (Fsp3) is 1.00. The molecule has 0 amide bonds. The highest BCUT2D eigenvalue weighted by atomic mass is 16.6. The Kier molecular flexibility index (Phi) is 0.551. The van der Waals surface area contributed by atoms with E-state index in [4.69, 9.17) is 4.74 Å². The second kappa shape index (κ2) is 1.25. The first-order chi connectivity index (χ1) is 6.42. The SMILES string of the molecule is C1[C@@H]2[C@@H]3C[C@H]4[C@@H]5[C@H]3[C@@H]1[C@@H]5[C@]1(CO1)[C@@H]24. The molecule has 0 aromatic rings. The van der Waals surface area contributed by atoms with Gasteiger partial charge in [0.05, 0.1) is 12.2 Å². The molecule has 5 aliphatic carbocycles. The van der Waals surface area contributed by atoms with Crippen molar-refractivity contribution in [3.63, 3.8) is 0 Å². The summed E-state index contributed by atoms with van der Waals surface area (Å²) in [5.41, 5.74) is 0.505. The third kappa shape index (κ3) is 0.319. The molecule has 1 saturated heterocycles. The number of hydrogen-bond donors (Lipinski definition) is 0. The third-order valence-electron chi connectivity index (χ3n) is 6.97. The van der Waals surface area contributed by atoms with Gasteiger partial charge in [-0.2, -0.15) is 0 Å². The van der Waals surface area contributed by atoms with E-state index >= 15 is 0 Å². The van der Waals surface area contributed by atoms with Crippen LogP contribution in [0.25, 0.3) is 0 Å². The molecule has 6 rings (SSSR count). The first kappa shape index (κ1) is 5.75. The molecule has 5 saturated carbocycles. The van der Waals surface area contributed by atoms with E-state index in [-0.39, 0.29) is 0 Å². The summed E-state index contributed by atoms with van der Waals surface area (Å²) in [6.45, 7) is 1.15. The molecule has 0 unspecified atom stereocenters. The average Bonchev–Trinajstić information content (AvgIpc) is 2.54. The maximum absolute atomic E-state index is 5.92. The molecule has 13 heavy (non-hydrogen) atoms. The Hall–Kier alpha value is -0.0400. The van der Waals surface area contributed by atoms with Gasteiger partial charge in [-0.3, -0.25) is 0 Å². The molecule has 1 heteroatoms. The molecule has 1 heterocycles. The third-order valence-corrected chi connectivity index (χ3v) is 6.97. The fourth-order valence-corrected chi connectivity index (χ4v) is 7.16. The summed E-state index contributed by atoms with van der Waals surface area (Å²) in [6, 6.07) is 0. The molecule has 0 radical (unpaired) electrons. The van der Waals surface area contributed by atoms with Gasteiger partial charge in [0.15, 0.2) is 0 Å². The van der Waals surface area contributed by atoms with Crippen LogP contribution in [-0.2, 0) is 4.74 Å². The van der Waals surface area contributed by atoms with Gasteiger partial charge < -0.3 is 4.74 Å². The summed E-state index contributed by atoms with van der Waals surface area (Å²) in [7, 11) is 0. The minimum absolute atomic E-state index is 0.505. The van der Waals surface area contributed by atoms with E-state index in [1.807, 2.05) is 0 Å². The van der Waals surface area contributed by atoms with Crippen LogP contribution < -0.4 is 0 Å². The highest BCUT2D eigenvalue weighted by Crippen LogP contribution is 2.87. The normalized spacial score (nSPS) is 88.6. The van der Waals surface area contributed by atoms with Crippen molar-refractivity contribution in [2.45, 2.75) is 18.4 Å². The Bertz CT molecular complexity index is 339. The van der Waals surface area contributed by atoms with Crippen LogP contribution in [0, 0.1) is 47.3 Å². The average molecular weight is 174 g/mol. The van der Waals surface area contributed by atoms with Crippen LogP contribution in [0.2, 0.25) is 0 Å². The quantitative estimate of drug-likeness (QED) is 0.507. The number of epoxide rings is 1. The van der Waals surface area contributed by atoms with Crippen LogP contribution in [-0.4, -0.2) is 12.2 Å². The van der Waals surface area contributed by atoms with Crippen molar-refractivity contribution in [1.29, 1.82) is 0 Å². The molecule has 0 aromatic heterocycles. The fourth-order valence-electron chi connectivity index (χ4n) is 7.16. The summed E-state index contributed by atoms with van der Waals surface area (Å²) >= 11 is 0. The Morgan fingerprint density at radius 3 is 2.46 bits per heavy atom. The van der Waals surface area contributed by atoms with Crippen molar-refractivity contribution in [3.8, 4) is 0 Å². The van der Waals surface area contributed by atoms with Crippen LogP contribution in [0.4, 0.5) is 0 Å². The lowest BCUT2D eigenvalue weighted by Gasteiger charge is -2.46. The summed E-state index contributed by atoms with van der Waals surface area (Å²) in [6.07, 6.45) is 3.23. The lowest BCUT2D eigenvalue weighted by atomic mass is 9.57. The Balaban J connectivity index is 1.76. The summed E-state index contributed by atoms with van der Waals surface area (Å²) in [5.74, 6) is 9.11. The van der Waals surface area contributed by atoms with Crippen LogP contribution in [0.15, 0.2) is 0 Å². The highest BCUT2D eigenvalue weighted by Gasteiger charge is 2.88. The molecular weight excluding hydrogens is 160 g/mol. The zero-order valence-corrected chi connectivity index (χ0v) is 7.65. The molecule has 68 valence electrons. The maximum Gasteiger partial charge on any atom is 0.0983 e. The van der Waals surface area contributed by atoms with Gasteiger partial charge >= 0.3 is 0 Å². The van der Waals surface area contributed by atoms with E-state index in [1.54, 1.807) is 12.8 Å². The van der Waals surface area contributed by atoms with E-state index in [0.29, 0.717) is 5.60 Å². The van der Waals surface area contributed by atoms with Crippen LogP contribution in [0.1, 0.15) is 12.8 Å². The molecule has 6 aliphatic rings.